The molecule has 1 rings (SSSR count). The summed E-state index contributed by atoms with van der Waals surface area (Å²) in [4.78, 5) is 2.60. The molecule has 0 amide bonds. The van der Waals surface area contributed by atoms with Crippen LogP contribution in [0, 0.1) is 5.92 Å². The fourth-order valence-electron chi connectivity index (χ4n) is 2.72. The highest BCUT2D eigenvalue weighted by Gasteiger charge is 2.22. The molecular weight excluding hydrogens is 224 g/mol. The number of methoxy groups -OCH3 is 1. The highest BCUT2D eigenvalue weighted by atomic mass is 16.5. The van der Waals surface area contributed by atoms with Crippen molar-refractivity contribution in [2.24, 2.45) is 5.92 Å². The highest BCUT2D eigenvalue weighted by molar-refractivity contribution is 4.81. The topological polar surface area (TPSA) is 24.5 Å². The lowest BCUT2D eigenvalue weighted by molar-refractivity contribution is 0.138. The van der Waals surface area contributed by atoms with E-state index < -0.39 is 0 Å². The monoisotopic (exact) mass is 256 g/mol. The van der Waals surface area contributed by atoms with Gasteiger partial charge in [-0.1, -0.05) is 13.8 Å². The van der Waals surface area contributed by atoms with Gasteiger partial charge in [-0.05, 0) is 52.1 Å². The van der Waals surface area contributed by atoms with Gasteiger partial charge in [0, 0.05) is 25.2 Å². The van der Waals surface area contributed by atoms with Gasteiger partial charge in [0.05, 0.1) is 6.61 Å². The molecule has 2 atom stereocenters. The normalized spacial score (nSPS) is 24.5. The minimum Gasteiger partial charge on any atom is -0.383 e. The molecule has 0 aromatic heterocycles. The van der Waals surface area contributed by atoms with Crippen molar-refractivity contribution in [1.82, 2.24) is 10.2 Å². The average molecular weight is 256 g/mol. The van der Waals surface area contributed by atoms with Crippen molar-refractivity contribution in [3.63, 3.8) is 0 Å². The summed E-state index contributed by atoms with van der Waals surface area (Å²) < 4.78 is 5.32. The van der Waals surface area contributed by atoms with Crippen LogP contribution in [0.5, 0.6) is 0 Å². The van der Waals surface area contributed by atoms with Gasteiger partial charge in [0.1, 0.15) is 0 Å². The lowest BCUT2D eigenvalue weighted by Gasteiger charge is -2.28. The number of hydrogen-bond donors (Lipinski definition) is 1. The number of nitrogens with one attached hydrogen (secondary N) is 1. The van der Waals surface area contributed by atoms with Gasteiger partial charge in [-0.25, -0.2) is 0 Å². The number of nitrogens with zero attached hydrogens (tertiary/aromatic N) is 1. The van der Waals surface area contributed by atoms with Crippen LogP contribution in [0.4, 0.5) is 0 Å². The summed E-state index contributed by atoms with van der Waals surface area (Å²) in [6.07, 6.45) is 3.88. The zero-order valence-electron chi connectivity index (χ0n) is 12.9. The lowest BCUT2D eigenvalue weighted by Crippen LogP contribution is -2.44. The summed E-state index contributed by atoms with van der Waals surface area (Å²) in [5.41, 5.74) is 0. The van der Waals surface area contributed by atoms with Crippen LogP contribution in [-0.2, 0) is 4.74 Å². The first-order valence-electron chi connectivity index (χ1n) is 7.53. The quantitative estimate of drug-likeness (QED) is 0.790. The number of likely N-dealkylation sites (tertiary alicyclic amines) is 1. The second kappa shape index (κ2) is 8.13. The van der Waals surface area contributed by atoms with E-state index >= 15 is 0 Å². The fourth-order valence-corrected chi connectivity index (χ4v) is 2.72. The predicted octanol–water partition coefficient (Wildman–Crippen LogP) is 2.51. The van der Waals surface area contributed by atoms with Crippen molar-refractivity contribution in [1.29, 1.82) is 0 Å². The molecule has 0 aliphatic carbocycles. The molecule has 18 heavy (non-hydrogen) atoms. The van der Waals surface area contributed by atoms with Crippen molar-refractivity contribution in [3.05, 3.63) is 0 Å². The van der Waals surface area contributed by atoms with Crippen LogP contribution >= 0.6 is 0 Å². The van der Waals surface area contributed by atoms with Crippen molar-refractivity contribution in [2.75, 3.05) is 26.8 Å². The second-order valence-electron chi connectivity index (χ2n) is 6.23. The van der Waals surface area contributed by atoms with Crippen molar-refractivity contribution < 1.29 is 4.74 Å². The van der Waals surface area contributed by atoms with Crippen LogP contribution in [0.15, 0.2) is 0 Å². The second-order valence-corrected chi connectivity index (χ2v) is 6.23. The van der Waals surface area contributed by atoms with E-state index in [-0.39, 0.29) is 0 Å². The van der Waals surface area contributed by atoms with Crippen molar-refractivity contribution in [2.45, 2.75) is 65.1 Å². The van der Waals surface area contributed by atoms with Crippen LogP contribution in [0.3, 0.4) is 0 Å². The van der Waals surface area contributed by atoms with Gasteiger partial charge in [0.25, 0.3) is 0 Å². The molecular formula is C15H32N2O. The summed E-state index contributed by atoms with van der Waals surface area (Å²) in [6.45, 7) is 12.5. The summed E-state index contributed by atoms with van der Waals surface area (Å²) in [7, 11) is 1.80. The van der Waals surface area contributed by atoms with E-state index in [4.69, 9.17) is 4.74 Å². The van der Waals surface area contributed by atoms with Gasteiger partial charge in [-0.2, -0.15) is 0 Å². The number of ether oxygens (including phenoxy) is 1. The standard InChI is InChI=1S/C15H32N2O/c1-12(2)15(11-18-5)16-14-7-6-9-17(10-8-14)13(3)4/h12-16H,6-11H2,1-5H3. The molecule has 0 aromatic carbocycles. The Bertz CT molecular complexity index is 219. The van der Waals surface area contributed by atoms with Gasteiger partial charge < -0.3 is 15.0 Å². The SMILES string of the molecule is COCC(NC1CCCN(C(C)C)CC1)C(C)C. The summed E-state index contributed by atoms with van der Waals surface area (Å²) in [5, 5.41) is 3.80. The molecule has 1 heterocycles. The van der Waals surface area contributed by atoms with Gasteiger partial charge >= 0.3 is 0 Å². The largest absolute Gasteiger partial charge is 0.383 e. The molecule has 108 valence electrons. The van der Waals surface area contributed by atoms with Crippen LogP contribution < -0.4 is 5.32 Å². The van der Waals surface area contributed by atoms with E-state index in [0.717, 1.165) is 6.61 Å². The molecule has 0 aromatic rings. The molecule has 2 unspecified atom stereocenters. The van der Waals surface area contributed by atoms with Gasteiger partial charge in [0.2, 0.25) is 0 Å². The summed E-state index contributed by atoms with van der Waals surface area (Å²) in [6, 6.07) is 1.84. The summed E-state index contributed by atoms with van der Waals surface area (Å²) in [5.74, 6) is 0.634. The third-order valence-electron chi connectivity index (χ3n) is 4.09. The van der Waals surface area contributed by atoms with Crippen molar-refractivity contribution >= 4 is 0 Å². The van der Waals surface area contributed by atoms with E-state index in [2.05, 4.69) is 37.9 Å². The van der Waals surface area contributed by atoms with Crippen LogP contribution in [0.1, 0.15) is 47.0 Å². The predicted molar refractivity (Wildman–Crippen MR) is 78.0 cm³/mol. The Hall–Kier alpha value is -0.120. The zero-order valence-corrected chi connectivity index (χ0v) is 12.9. The molecule has 0 radical (unpaired) electrons. The highest BCUT2D eigenvalue weighted by Crippen LogP contribution is 2.15. The first kappa shape index (κ1) is 15.9. The first-order valence-corrected chi connectivity index (χ1v) is 7.53. The molecule has 0 spiro atoms. The molecule has 0 bridgehead atoms. The Morgan fingerprint density at radius 3 is 2.44 bits per heavy atom. The van der Waals surface area contributed by atoms with E-state index in [1.54, 1.807) is 7.11 Å². The molecule has 1 aliphatic rings. The molecule has 1 saturated heterocycles. The molecule has 0 saturated carbocycles. The average Bonchev–Trinajstić information content (AvgIpc) is 2.54. The zero-order chi connectivity index (χ0) is 13.5. The lowest BCUT2D eigenvalue weighted by atomic mass is 10.0. The molecule has 3 nitrogen and oxygen atoms in total. The molecule has 3 heteroatoms. The van der Waals surface area contributed by atoms with E-state index in [1.807, 2.05) is 0 Å². The third-order valence-corrected chi connectivity index (χ3v) is 4.09. The minimum absolute atomic E-state index is 0.491. The molecule has 1 fully saturated rings. The van der Waals surface area contributed by atoms with Gasteiger partial charge in [0.15, 0.2) is 0 Å². The number of rotatable bonds is 6. The molecule has 1 N–H and O–H groups in total. The first-order chi connectivity index (χ1) is 8.54. The molecule has 1 aliphatic heterocycles. The maximum absolute atomic E-state index is 5.32. The number of hydrogen-bond acceptors (Lipinski definition) is 3. The Kier molecular flexibility index (Phi) is 7.20. The minimum atomic E-state index is 0.491. The van der Waals surface area contributed by atoms with E-state index in [1.165, 1.54) is 32.4 Å². The Labute approximate surface area is 113 Å². The maximum atomic E-state index is 5.32. The van der Waals surface area contributed by atoms with Crippen LogP contribution in [0.25, 0.3) is 0 Å². The smallest absolute Gasteiger partial charge is 0.0618 e. The van der Waals surface area contributed by atoms with Crippen LogP contribution in [0.2, 0.25) is 0 Å². The Balaban J connectivity index is 2.42. The third kappa shape index (κ3) is 5.25. The maximum Gasteiger partial charge on any atom is 0.0618 e. The fraction of sp³-hybridized carbons (Fsp3) is 1.00. The van der Waals surface area contributed by atoms with Crippen LogP contribution in [-0.4, -0.2) is 49.8 Å². The summed E-state index contributed by atoms with van der Waals surface area (Å²) >= 11 is 0. The Morgan fingerprint density at radius 1 is 1.17 bits per heavy atom. The van der Waals surface area contributed by atoms with E-state index in [9.17, 15) is 0 Å². The van der Waals surface area contributed by atoms with Gasteiger partial charge in [-0.15, -0.1) is 0 Å². The van der Waals surface area contributed by atoms with E-state index in [0.29, 0.717) is 24.0 Å². The Morgan fingerprint density at radius 2 is 1.89 bits per heavy atom. The van der Waals surface area contributed by atoms with Crippen molar-refractivity contribution in [3.8, 4) is 0 Å². The van der Waals surface area contributed by atoms with Gasteiger partial charge in [-0.3, -0.25) is 0 Å².